The lowest BCUT2D eigenvalue weighted by molar-refractivity contribution is -0.122. The van der Waals surface area contributed by atoms with Crippen LogP contribution in [0.5, 0.6) is 0 Å². The van der Waals surface area contributed by atoms with E-state index in [0.29, 0.717) is 28.2 Å². The van der Waals surface area contributed by atoms with Gasteiger partial charge in [-0.05, 0) is 50.2 Å². The first kappa shape index (κ1) is 20.9. The molecular weight excluding hydrogens is 416 g/mol. The predicted octanol–water partition coefficient (Wildman–Crippen LogP) is 4.31. The first-order valence-electron chi connectivity index (χ1n) is 9.62. The van der Waals surface area contributed by atoms with Crippen molar-refractivity contribution in [2.75, 3.05) is 24.0 Å². The van der Waals surface area contributed by atoms with Crippen LogP contribution in [0.15, 0.2) is 60.0 Å². The Hall–Kier alpha value is -3.36. The molecule has 31 heavy (non-hydrogen) atoms. The molecule has 1 N–H and O–H groups in total. The van der Waals surface area contributed by atoms with Gasteiger partial charge in [-0.3, -0.25) is 4.79 Å². The summed E-state index contributed by atoms with van der Waals surface area (Å²) < 4.78 is 5.19. The largest absolute Gasteiger partial charge is 0.379 e. The Kier molecular flexibility index (Phi) is 5.67. The molecule has 3 aromatic rings. The predicted molar refractivity (Wildman–Crippen MR) is 121 cm³/mol. The highest BCUT2D eigenvalue weighted by Crippen LogP contribution is 2.33. The summed E-state index contributed by atoms with van der Waals surface area (Å²) >= 11 is 6.04. The van der Waals surface area contributed by atoms with E-state index < -0.39 is 5.41 Å². The Morgan fingerprint density at radius 2 is 1.94 bits per heavy atom. The molecule has 0 fully saturated rings. The zero-order chi connectivity index (χ0) is 22.0. The van der Waals surface area contributed by atoms with Crippen molar-refractivity contribution in [3.8, 4) is 11.3 Å². The van der Waals surface area contributed by atoms with E-state index in [2.05, 4.69) is 25.4 Å². The average molecular weight is 437 g/mol. The first-order valence-corrected chi connectivity index (χ1v) is 10.00. The Balaban J connectivity index is 1.63. The second kappa shape index (κ2) is 8.41. The molecular formula is C22H21ClN6O2. The number of pyridine rings is 1. The monoisotopic (exact) mass is 436 g/mol. The first-order chi connectivity index (χ1) is 14.9. The molecule has 1 aliphatic heterocycles. The van der Waals surface area contributed by atoms with Gasteiger partial charge >= 0.3 is 0 Å². The summed E-state index contributed by atoms with van der Waals surface area (Å²) in [5.41, 5.74) is 2.14. The minimum atomic E-state index is -0.753. The van der Waals surface area contributed by atoms with E-state index in [9.17, 15) is 4.79 Å². The molecule has 1 aromatic carbocycles. The van der Waals surface area contributed by atoms with E-state index >= 15 is 0 Å². The number of methoxy groups -OCH3 is 1. The van der Waals surface area contributed by atoms with Gasteiger partial charge in [-0.25, -0.2) is 15.0 Å². The molecule has 0 saturated carbocycles. The number of carbonyl (C=O) groups excluding carboxylic acids is 1. The van der Waals surface area contributed by atoms with E-state index in [4.69, 9.17) is 16.3 Å². The maximum absolute atomic E-state index is 12.9. The van der Waals surface area contributed by atoms with Gasteiger partial charge in [0.25, 0.3) is 5.91 Å². The minimum absolute atomic E-state index is 0.157. The van der Waals surface area contributed by atoms with E-state index in [1.807, 2.05) is 32.0 Å². The van der Waals surface area contributed by atoms with Crippen LogP contribution in [0.2, 0.25) is 5.02 Å². The summed E-state index contributed by atoms with van der Waals surface area (Å²) in [6.07, 6.45) is 3.29. The molecule has 3 heterocycles. The van der Waals surface area contributed by atoms with E-state index in [0.717, 1.165) is 11.3 Å². The minimum Gasteiger partial charge on any atom is -0.379 e. The molecule has 1 aliphatic rings. The molecule has 0 saturated heterocycles. The number of benzene rings is 1. The highest BCUT2D eigenvalue weighted by Gasteiger charge is 2.44. The average Bonchev–Trinajstić information content (AvgIpc) is 2.98. The molecule has 1 amide bonds. The van der Waals surface area contributed by atoms with Crippen molar-refractivity contribution in [3.05, 3.63) is 59.9 Å². The van der Waals surface area contributed by atoms with Gasteiger partial charge in [0.15, 0.2) is 5.82 Å². The smallest absolute Gasteiger partial charge is 0.260 e. The SMILES string of the molecule is COCC1=NN(c2cc(-c3ccnc(Nc4cccc(Cl)c4)n3)ccn2)C(=O)C1(C)C. The molecule has 0 bridgehead atoms. The highest BCUT2D eigenvalue weighted by atomic mass is 35.5. The quantitative estimate of drug-likeness (QED) is 0.618. The van der Waals surface area contributed by atoms with E-state index in [1.54, 1.807) is 43.8 Å². The van der Waals surface area contributed by atoms with Gasteiger partial charge in [-0.1, -0.05) is 17.7 Å². The van der Waals surface area contributed by atoms with Crippen molar-refractivity contribution in [1.29, 1.82) is 0 Å². The van der Waals surface area contributed by atoms with Gasteiger partial charge in [0.05, 0.1) is 23.4 Å². The molecule has 9 heteroatoms. The summed E-state index contributed by atoms with van der Waals surface area (Å²) in [6, 6.07) is 12.7. The lowest BCUT2D eigenvalue weighted by Gasteiger charge is -2.18. The number of halogens is 1. The molecule has 0 spiro atoms. The maximum atomic E-state index is 12.9. The van der Waals surface area contributed by atoms with Crippen LogP contribution in [-0.2, 0) is 9.53 Å². The fourth-order valence-corrected chi connectivity index (χ4v) is 3.34. The van der Waals surface area contributed by atoms with Crippen molar-refractivity contribution in [2.45, 2.75) is 13.8 Å². The molecule has 4 rings (SSSR count). The molecule has 0 atom stereocenters. The van der Waals surface area contributed by atoms with Crippen molar-refractivity contribution < 1.29 is 9.53 Å². The third-order valence-corrected chi connectivity index (χ3v) is 5.18. The third kappa shape index (κ3) is 4.26. The van der Waals surface area contributed by atoms with Gasteiger partial charge in [0.1, 0.15) is 0 Å². The second-order valence-electron chi connectivity index (χ2n) is 7.53. The topological polar surface area (TPSA) is 92.6 Å². The van der Waals surface area contributed by atoms with Crippen molar-refractivity contribution in [3.63, 3.8) is 0 Å². The summed E-state index contributed by atoms with van der Waals surface area (Å²) in [5.74, 6) is 0.691. The van der Waals surface area contributed by atoms with Crippen LogP contribution >= 0.6 is 11.6 Å². The van der Waals surface area contributed by atoms with Gasteiger partial charge in [0.2, 0.25) is 5.95 Å². The number of ether oxygens (including phenoxy) is 1. The number of hydrazone groups is 1. The number of amides is 1. The van der Waals surface area contributed by atoms with Crippen LogP contribution in [0.25, 0.3) is 11.3 Å². The lowest BCUT2D eigenvalue weighted by Crippen LogP contribution is -2.36. The lowest BCUT2D eigenvalue weighted by atomic mass is 9.88. The van der Waals surface area contributed by atoms with E-state index in [1.165, 1.54) is 5.01 Å². The van der Waals surface area contributed by atoms with Gasteiger partial charge in [-0.15, -0.1) is 0 Å². The van der Waals surface area contributed by atoms with Crippen molar-refractivity contribution in [2.24, 2.45) is 10.5 Å². The summed E-state index contributed by atoms with van der Waals surface area (Å²) in [7, 11) is 1.58. The van der Waals surface area contributed by atoms with Crippen LogP contribution in [0.3, 0.4) is 0 Å². The van der Waals surface area contributed by atoms with Gasteiger partial charge in [-0.2, -0.15) is 10.1 Å². The summed E-state index contributed by atoms with van der Waals surface area (Å²) in [5, 5.41) is 9.53. The number of nitrogens with zero attached hydrogens (tertiary/aromatic N) is 5. The van der Waals surface area contributed by atoms with Gasteiger partial charge < -0.3 is 10.1 Å². The molecule has 8 nitrogen and oxygen atoms in total. The number of anilines is 3. The number of carbonyl (C=O) groups is 1. The zero-order valence-corrected chi connectivity index (χ0v) is 18.1. The molecule has 0 radical (unpaired) electrons. The van der Waals surface area contributed by atoms with Crippen LogP contribution in [0.4, 0.5) is 17.5 Å². The van der Waals surface area contributed by atoms with Gasteiger partial charge in [0, 0.05) is 35.8 Å². The Morgan fingerprint density at radius 3 is 2.71 bits per heavy atom. The molecule has 2 aromatic heterocycles. The van der Waals surface area contributed by atoms with E-state index in [-0.39, 0.29) is 12.5 Å². The fraction of sp³-hybridized carbons (Fsp3) is 0.227. The number of hydrogen-bond acceptors (Lipinski definition) is 7. The van der Waals surface area contributed by atoms with Crippen LogP contribution < -0.4 is 10.3 Å². The fourth-order valence-electron chi connectivity index (χ4n) is 3.15. The Morgan fingerprint density at radius 1 is 1.13 bits per heavy atom. The number of nitrogens with one attached hydrogen (secondary N) is 1. The number of hydrogen-bond donors (Lipinski definition) is 1. The normalized spacial score (nSPS) is 15.2. The van der Waals surface area contributed by atoms with Crippen molar-refractivity contribution >= 4 is 40.7 Å². The Bertz CT molecular complexity index is 1160. The number of rotatable bonds is 6. The zero-order valence-electron chi connectivity index (χ0n) is 17.3. The van der Waals surface area contributed by atoms with Crippen molar-refractivity contribution in [1.82, 2.24) is 15.0 Å². The van der Waals surface area contributed by atoms with Crippen LogP contribution in [-0.4, -0.2) is 40.3 Å². The molecule has 0 unspecified atom stereocenters. The Labute approximate surface area is 185 Å². The summed E-state index contributed by atoms with van der Waals surface area (Å²) in [4.78, 5) is 26.1. The summed E-state index contributed by atoms with van der Waals surface area (Å²) in [6.45, 7) is 3.93. The third-order valence-electron chi connectivity index (χ3n) is 4.94. The molecule has 0 aliphatic carbocycles. The highest BCUT2D eigenvalue weighted by molar-refractivity contribution is 6.30. The maximum Gasteiger partial charge on any atom is 0.260 e. The standard InChI is InChI=1S/C22H21ClN6O2/c1-22(2)18(13-31-3)28-29(20(22)30)19-11-14(7-9-24-19)17-8-10-25-21(27-17)26-16-6-4-5-15(23)12-16/h4-12H,13H2,1-3H3,(H,25,26,27). The number of aromatic nitrogens is 3. The molecule has 158 valence electrons. The van der Waals surface area contributed by atoms with Crippen LogP contribution in [0, 0.1) is 5.41 Å². The van der Waals surface area contributed by atoms with Crippen LogP contribution in [0.1, 0.15) is 13.8 Å². The second-order valence-corrected chi connectivity index (χ2v) is 7.96.